The monoisotopic (exact) mass is 197 g/mol. The maximum atomic E-state index is 3.28. The Morgan fingerprint density at radius 3 is 2.60 bits per heavy atom. The summed E-state index contributed by atoms with van der Waals surface area (Å²) in [4.78, 5) is 0. The maximum Gasteiger partial charge on any atom is 0.0249 e. The molecule has 2 rings (SSSR count). The van der Waals surface area contributed by atoms with Crippen molar-refractivity contribution in [3.8, 4) is 11.8 Å². The highest BCUT2D eigenvalue weighted by Crippen LogP contribution is 2.04. The van der Waals surface area contributed by atoms with Crippen LogP contribution in [0.25, 0.3) is 0 Å². The van der Waals surface area contributed by atoms with E-state index in [1.165, 1.54) is 11.1 Å². The average molecular weight is 197 g/mol. The number of rotatable bonds is 0. The van der Waals surface area contributed by atoms with E-state index < -0.39 is 0 Å². The van der Waals surface area contributed by atoms with Crippen molar-refractivity contribution in [1.82, 2.24) is 5.32 Å². The number of benzene rings is 1. The summed E-state index contributed by atoms with van der Waals surface area (Å²) >= 11 is 0. The van der Waals surface area contributed by atoms with Crippen LogP contribution < -0.4 is 5.32 Å². The lowest BCUT2D eigenvalue weighted by atomic mass is 10.1. The van der Waals surface area contributed by atoms with E-state index >= 15 is 0 Å². The van der Waals surface area contributed by atoms with Crippen LogP contribution in [0.1, 0.15) is 17.5 Å². The van der Waals surface area contributed by atoms with Gasteiger partial charge in [-0.3, -0.25) is 0 Å². The Balaban J connectivity index is 2.10. The van der Waals surface area contributed by atoms with Gasteiger partial charge in [-0.05, 0) is 25.5 Å². The second kappa shape index (κ2) is 4.82. The third kappa shape index (κ3) is 2.97. The van der Waals surface area contributed by atoms with E-state index in [-0.39, 0.29) is 0 Å². The van der Waals surface area contributed by atoms with Gasteiger partial charge in [0.15, 0.2) is 0 Å². The highest BCUT2D eigenvalue weighted by molar-refractivity contribution is 5.41. The summed E-state index contributed by atoms with van der Waals surface area (Å²) in [7, 11) is 0. The lowest BCUT2D eigenvalue weighted by molar-refractivity contribution is 0.715. The van der Waals surface area contributed by atoms with Crippen molar-refractivity contribution in [2.45, 2.75) is 13.3 Å². The standard InChI is InChI=1S/C14H15N/c1-12-2-4-13(5-3-12)6-7-14-8-10-15-11-9-14/h2-5,8,15H,9-11H2,1H3. The average Bonchev–Trinajstić information content (AvgIpc) is 2.30. The molecule has 1 aliphatic rings. The first-order valence-electron chi connectivity index (χ1n) is 5.33. The molecular formula is C14H15N. The van der Waals surface area contributed by atoms with Gasteiger partial charge in [0.2, 0.25) is 0 Å². The normalized spacial score (nSPS) is 15.1. The van der Waals surface area contributed by atoms with Gasteiger partial charge in [0.25, 0.3) is 0 Å². The maximum absolute atomic E-state index is 3.28. The minimum atomic E-state index is 0.956. The molecule has 1 heterocycles. The molecule has 1 heteroatoms. The van der Waals surface area contributed by atoms with E-state index in [4.69, 9.17) is 0 Å². The molecule has 1 aromatic carbocycles. The summed E-state index contributed by atoms with van der Waals surface area (Å²) in [6.07, 6.45) is 3.23. The molecule has 0 atom stereocenters. The Hall–Kier alpha value is -1.52. The Bertz CT molecular complexity index is 415. The Labute approximate surface area is 91.2 Å². The Kier molecular flexibility index (Phi) is 3.22. The lowest BCUT2D eigenvalue weighted by Gasteiger charge is -2.07. The summed E-state index contributed by atoms with van der Waals surface area (Å²) in [5.41, 5.74) is 3.64. The molecule has 0 radical (unpaired) electrons. The summed E-state index contributed by atoms with van der Waals surface area (Å²) in [6.45, 7) is 4.10. The van der Waals surface area contributed by atoms with Crippen molar-refractivity contribution in [3.63, 3.8) is 0 Å². The first-order chi connectivity index (χ1) is 7.34. The minimum absolute atomic E-state index is 0.956. The van der Waals surface area contributed by atoms with Crippen molar-refractivity contribution < 1.29 is 0 Å². The topological polar surface area (TPSA) is 12.0 Å². The third-order valence-electron chi connectivity index (χ3n) is 2.48. The molecule has 0 bridgehead atoms. The van der Waals surface area contributed by atoms with E-state index in [0.717, 1.165) is 25.1 Å². The predicted molar refractivity (Wildman–Crippen MR) is 63.6 cm³/mol. The van der Waals surface area contributed by atoms with Gasteiger partial charge in [0.05, 0.1) is 0 Å². The molecule has 1 aliphatic heterocycles. The van der Waals surface area contributed by atoms with Gasteiger partial charge < -0.3 is 5.32 Å². The van der Waals surface area contributed by atoms with Crippen LogP contribution in [-0.4, -0.2) is 13.1 Å². The van der Waals surface area contributed by atoms with Crippen LogP contribution in [0.5, 0.6) is 0 Å². The largest absolute Gasteiger partial charge is 0.313 e. The molecule has 0 aromatic heterocycles. The molecular weight excluding hydrogens is 182 g/mol. The highest BCUT2D eigenvalue weighted by atomic mass is 14.8. The van der Waals surface area contributed by atoms with Gasteiger partial charge in [-0.1, -0.05) is 35.6 Å². The van der Waals surface area contributed by atoms with Gasteiger partial charge in [0.1, 0.15) is 0 Å². The van der Waals surface area contributed by atoms with Crippen LogP contribution in [0, 0.1) is 18.8 Å². The van der Waals surface area contributed by atoms with Crippen molar-refractivity contribution in [1.29, 1.82) is 0 Å². The molecule has 0 spiro atoms. The molecule has 1 N–H and O–H groups in total. The van der Waals surface area contributed by atoms with Crippen molar-refractivity contribution >= 4 is 0 Å². The summed E-state index contributed by atoms with van der Waals surface area (Å²) in [5.74, 6) is 6.42. The molecule has 0 aliphatic carbocycles. The van der Waals surface area contributed by atoms with Crippen molar-refractivity contribution in [2.75, 3.05) is 13.1 Å². The number of nitrogens with one attached hydrogen (secondary N) is 1. The van der Waals surface area contributed by atoms with Crippen LogP contribution in [-0.2, 0) is 0 Å². The molecule has 0 fully saturated rings. The van der Waals surface area contributed by atoms with Crippen LogP contribution >= 0.6 is 0 Å². The minimum Gasteiger partial charge on any atom is -0.313 e. The Morgan fingerprint density at radius 1 is 1.13 bits per heavy atom. The van der Waals surface area contributed by atoms with E-state index in [2.05, 4.69) is 54.4 Å². The molecule has 0 unspecified atom stereocenters. The molecule has 0 saturated carbocycles. The lowest BCUT2D eigenvalue weighted by Crippen LogP contribution is -2.19. The molecule has 76 valence electrons. The first kappa shape index (κ1) is 10.0. The van der Waals surface area contributed by atoms with Gasteiger partial charge in [-0.15, -0.1) is 0 Å². The van der Waals surface area contributed by atoms with E-state index in [0.29, 0.717) is 0 Å². The van der Waals surface area contributed by atoms with Crippen LogP contribution in [0.2, 0.25) is 0 Å². The zero-order valence-corrected chi connectivity index (χ0v) is 9.01. The van der Waals surface area contributed by atoms with E-state index in [9.17, 15) is 0 Å². The first-order valence-corrected chi connectivity index (χ1v) is 5.33. The van der Waals surface area contributed by atoms with Crippen LogP contribution in [0.15, 0.2) is 35.9 Å². The van der Waals surface area contributed by atoms with Gasteiger partial charge in [-0.25, -0.2) is 0 Å². The quantitative estimate of drug-likeness (QED) is 0.629. The van der Waals surface area contributed by atoms with Crippen LogP contribution in [0.4, 0.5) is 0 Å². The van der Waals surface area contributed by atoms with Gasteiger partial charge in [0, 0.05) is 24.2 Å². The molecule has 0 saturated heterocycles. The summed E-state index contributed by atoms with van der Waals surface area (Å²) in [5, 5.41) is 3.28. The number of hydrogen-bond acceptors (Lipinski definition) is 1. The van der Waals surface area contributed by atoms with Crippen molar-refractivity contribution in [3.05, 3.63) is 47.0 Å². The fraction of sp³-hybridized carbons (Fsp3) is 0.286. The summed E-state index contributed by atoms with van der Waals surface area (Å²) < 4.78 is 0. The second-order valence-electron chi connectivity index (χ2n) is 3.80. The fourth-order valence-corrected chi connectivity index (χ4v) is 1.53. The zero-order chi connectivity index (χ0) is 10.5. The van der Waals surface area contributed by atoms with Gasteiger partial charge in [-0.2, -0.15) is 0 Å². The molecule has 0 amide bonds. The van der Waals surface area contributed by atoms with E-state index in [1.807, 2.05) is 0 Å². The smallest absolute Gasteiger partial charge is 0.0249 e. The van der Waals surface area contributed by atoms with Crippen molar-refractivity contribution in [2.24, 2.45) is 0 Å². The third-order valence-corrected chi connectivity index (χ3v) is 2.48. The zero-order valence-electron chi connectivity index (χ0n) is 9.01. The predicted octanol–water partition coefficient (Wildman–Crippen LogP) is 2.27. The molecule has 15 heavy (non-hydrogen) atoms. The second-order valence-corrected chi connectivity index (χ2v) is 3.80. The number of aryl methyl sites for hydroxylation is 1. The van der Waals surface area contributed by atoms with Gasteiger partial charge >= 0.3 is 0 Å². The summed E-state index contributed by atoms with van der Waals surface area (Å²) in [6, 6.07) is 8.34. The fourth-order valence-electron chi connectivity index (χ4n) is 1.53. The van der Waals surface area contributed by atoms with E-state index in [1.54, 1.807) is 0 Å². The number of hydrogen-bond donors (Lipinski definition) is 1. The highest BCUT2D eigenvalue weighted by Gasteiger charge is 1.98. The molecule has 1 nitrogen and oxygen atoms in total. The molecule has 1 aromatic rings. The Morgan fingerprint density at radius 2 is 1.93 bits per heavy atom. The SMILES string of the molecule is Cc1ccc(C#CC2=CCNCC2)cc1. The van der Waals surface area contributed by atoms with Crippen LogP contribution in [0.3, 0.4) is 0 Å².